The fourth-order valence-corrected chi connectivity index (χ4v) is 3.83. The second-order valence-corrected chi connectivity index (χ2v) is 7.29. The molecule has 0 spiro atoms. The van der Waals surface area contributed by atoms with Gasteiger partial charge in [0.2, 0.25) is 0 Å². The summed E-state index contributed by atoms with van der Waals surface area (Å²) < 4.78 is 7.45. The minimum Gasteiger partial charge on any atom is -0.469 e. The van der Waals surface area contributed by atoms with Crippen LogP contribution in [-0.4, -0.2) is 34.1 Å². The molecule has 1 saturated carbocycles. The van der Waals surface area contributed by atoms with Gasteiger partial charge in [-0.25, -0.2) is 4.52 Å². The highest BCUT2D eigenvalue weighted by atomic mass is 79.9. The molecular formula is C17H20BrN3O3. The number of carbonyl (C=O) groups excluding carboxylic acids is 2. The molecule has 7 heteroatoms. The highest BCUT2D eigenvalue weighted by Gasteiger charge is 2.42. The molecule has 1 fully saturated rings. The fraction of sp³-hybridized carbons (Fsp3) is 0.471. The normalized spacial score (nSPS) is 23.9. The van der Waals surface area contributed by atoms with Crippen molar-refractivity contribution in [3.8, 4) is 0 Å². The number of fused-ring (bicyclic) bond motifs is 1. The van der Waals surface area contributed by atoms with Gasteiger partial charge in [-0.1, -0.05) is 12.8 Å². The van der Waals surface area contributed by atoms with Crippen LogP contribution >= 0.6 is 15.9 Å². The van der Waals surface area contributed by atoms with Crippen LogP contribution in [0, 0.1) is 5.92 Å². The number of aromatic nitrogens is 2. The predicted molar refractivity (Wildman–Crippen MR) is 92.7 cm³/mol. The maximum Gasteiger partial charge on any atom is 0.311 e. The van der Waals surface area contributed by atoms with Crippen molar-refractivity contribution >= 4 is 33.3 Å². The molecule has 6 nitrogen and oxygen atoms in total. The Kier molecular flexibility index (Phi) is 4.62. The van der Waals surface area contributed by atoms with Crippen molar-refractivity contribution in [2.45, 2.75) is 38.1 Å². The summed E-state index contributed by atoms with van der Waals surface area (Å²) in [5.41, 5.74) is 0.804. The molecule has 2 atom stereocenters. The molecule has 1 amide bonds. The summed E-state index contributed by atoms with van der Waals surface area (Å²) in [5, 5.41) is 7.25. The lowest BCUT2D eigenvalue weighted by Gasteiger charge is -2.40. The number of ether oxygens (including phenoxy) is 1. The fourth-order valence-electron chi connectivity index (χ4n) is 3.42. The van der Waals surface area contributed by atoms with Crippen LogP contribution in [0.25, 0.3) is 5.52 Å². The van der Waals surface area contributed by atoms with Crippen LogP contribution in [0.4, 0.5) is 0 Å². The molecule has 2 aromatic rings. The minimum absolute atomic E-state index is 0.207. The molecular weight excluding hydrogens is 374 g/mol. The van der Waals surface area contributed by atoms with E-state index < -0.39 is 5.54 Å². The summed E-state index contributed by atoms with van der Waals surface area (Å²) in [6.07, 6.45) is 6.82. The van der Waals surface area contributed by atoms with Crippen LogP contribution in [0.2, 0.25) is 0 Å². The predicted octanol–water partition coefficient (Wildman–Crippen LogP) is 2.95. The van der Waals surface area contributed by atoms with E-state index in [9.17, 15) is 9.59 Å². The third-order valence-electron chi connectivity index (χ3n) is 4.82. The standard InChI is InChI=1S/C17H20BrN3O3/c1-17(8-4-3-5-12(17)16(23)24-2)20-15(22)11-6-7-14-13(18)9-19-21(14)10-11/h6-7,9-10,12H,3-5,8H2,1-2H3,(H,20,22). The van der Waals surface area contributed by atoms with Crippen molar-refractivity contribution in [2.75, 3.05) is 7.11 Å². The number of halogens is 1. The van der Waals surface area contributed by atoms with Gasteiger partial charge in [-0.3, -0.25) is 9.59 Å². The Bertz CT molecular complexity index is 788. The summed E-state index contributed by atoms with van der Waals surface area (Å²) >= 11 is 3.41. The van der Waals surface area contributed by atoms with Gasteiger partial charge < -0.3 is 10.1 Å². The summed E-state index contributed by atoms with van der Waals surface area (Å²) in [7, 11) is 1.39. The minimum atomic E-state index is -0.595. The number of esters is 1. The van der Waals surface area contributed by atoms with Crippen LogP contribution in [0.15, 0.2) is 29.0 Å². The number of amides is 1. The first-order chi connectivity index (χ1) is 11.4. The molecule has 1 N–H and O–H groups in total. The summed E-state index contributed by atoms with van der Waals surface area (Å²) in [5.74, 6) is -0.784. The Morgan fingerprint density at radius 3 is 2.96 bits per heavy atom. The Hall–Kier alpha value is -1.89. The molecule has 128 valence electrons. The van der Waals surface area contributed by atoms with E-state index in [2.05, 4.69) is 26.3 Å². The van der Waals surface area contributed by atoms with Gasteiger partial charge in [0, 0.05) is 6.20 Å². The molecule has 0 radical (unpaired) electrons. The molecule has 0 saturated heterocycles. The average molecular weight is 394 g/mol. The number of hydrogen-bond donors (Lipinski definition) is 1. The molecule has 1 aliphatic rings. The van der Waals surface area contributed by atoms with Gasteiger partial charge in [0.05, 0.1) is 40.3 Å². The first-order valence-electron chi connectivity index (χ1n) is 7.98. The number of nitrogens with zero attached hydrogens (tertiary/aromatic N) is 2. The Morgan fingerprint density at radius 2 is 2.21 bits per heavy atom. The highest BCUT2D eigenvalue weighted by molar-refractivity contribution is 9.10. The van der Waals surface area contributed by atoms with E-state index in [-0.39, 0.29) is 17.8 Å². The summed E-state index contributed by atoms with van der Waals surface area (Å²) in [6.45, 7) is 1.93. The average Bonchev–Trinajstić information content (AvgIpc) is 2.95. The van der Waals surface area contributed by atoms with Crippen LogP contribution in [0.1, 0.15) is 43.0 Å². The van der Waals surface area contributed by atoms with Crippen molar-refractivity contribution in [1.82, 2.24) is 14.9 Å². The van der Waals surface area contributed by atoms with E-state index in [1.165, 1.54) is 7.11 Å². The number of pyridine rings is 1. The quantitative estimate of drug-likeness (QED) is 0.813. The summed E-state index contributed by atoms with van der Waals surface area (Å²) in [4.78, 5) is 24.8. The Morgan fingerprint density at radius 1 is 1.42 bits per heavy atom. The molecule has 3 rings (SSSR count). The number of hydrogen-bond acceptors (Lipinski definition) is 4. The Labute approximate surface area is 148 Å². The van der Waals surface area contributed by atoms with Gasteiger partial charge in [-0.05, 0) is 47.8 Å². The van der Waals surface area contributed by atoms with Gasteiger partial charge in [-0.2, -0.15) is 5.10 Å². The van der Waals surface area contributed by atoms with Crippen LogP contribution in [0.3, 0.4) is 0 Å². The molecule has 2 unspecified atom stereocenters. The maximum atomic E-state index is 12.7. The second kappa shape index (κ2) is 6.55. The zero-order valence-corrected chi connectivity index (χ0v) is 15.3. The van der Waals surface area contributed by atoms with Crippen molar-refractivity contribution in [1.29, 1.82) is 0 Å². The van der Waals surface area contributed by atoms with Crippen LogP contribution in [-0.2, 0) is 9.53 Å². The van der Waals surface area contributed by atoms with Gasteiger partial charge in [0.1, 0.15) is 0 Å². The number of carbonyl (C=O) groups is 2. The monoisotopic (exact) mass is 393 g/mol. The lowest BCUT2D eigenvalue weighted by molar-refractivity contribution is -0.149. The van der Waals surface area contributed by atoms with E-state index >= 15 is 0 Å². The van der Waals surface area contributed by atoms with Crippen molar-refractivity contribution in [3.05, 3.63) is 34.6 Å². The molecule has 0 bridgehead atoms. The molecule has 1 aliphatic carbocycles. The van der Waals surface area contributed by atoms with Crippen molar-refractivity contribution < 1.29 is 14.3 Å². The topological polar surface area (TPSA) is 72.7 Å². The second-order valence-electron chi connectivity index (χ2n) is 6.43. The highest BCUT2D eigenvalue weighted by Crippen LogP contribution is 2.34. The molecule has 0 aliphatic heterocycles. The largest absolute Gasteiger partial charge is 0.469 e. The van der Waals surface area contributed by atoms with E-state index in [0.717, 1.165) is 35.7 Å². The number of rotatable bonds is 3. The first-order valence-corrected chi connectivity index (χ1v) is 8.77. The zero-order chi connectivity index (χ0) is 17.3. The SMILES string of the molecule is COC(=O)C1CCCCC1(C)NC(=O)c1ccc2c(Br)cnn2c1. The smallest absolute Gasteiger partial charge is 0.311 e. The van der Waals surface area contributed by atoms with Crippen molar-refractivity contribution in [2.24, 2.45) is 5.92 Å². The van der Waals surface area contributed by atoms with Gasteiger partial charge >= 0.3 is 5.97 Å². The number of methoxy groups -OCH3 is 1. The van der Waals surface area contributed by atoms with Crippen molar-refractivity contribution in [3.63, 3.8) is 0 Å². The van der Waals surface area contributed by atoms with E-state index in [0.29, 0.717) is 5.56 Å². The molecule has 2 heterocycles. The van der Waals surface area contributed by atoms with Gasteiger partial charge in [-0.15, -0.1) is 0 Å². The van der Waals surface area contributed by atoms with E-state index in [4.69, 9.17) is 4.74 Å². The molecule has 24 heavy (non-hydrogen) atoms. The maximum absolute atomic E-state index is 12.7. The van der Waals surface area contributed by atoms with Crippen LogP contribution < -0.4 is 5.32 Å². The number of nitrogens with one attached hydrogen (secondary N) is 1. The first kappa shape index (κ1) is 17.0. The van der Waals surface area contributed by atoms with Crippen LogP contribution in [0.5, 0.6) is 0 Å². The summed E-state index contributed by atoms with van der Waals surface area (Å²) in [6, 6.07) is 3.60. The van der Waals surface area contributed by atoms with Gasteiger partial charge in [0.15, 0.2) is 0 Å². The zero-order valence-electron chi connectivity index (χ0n) is 13.7. The lowest BCUT2D eigenvalue weighted by Crippen LogP contribution is -2.55. The molecule has 0 aromatic carbocycles. The van der Waals surface area contributed by atoms with E-state index in [1.54, 1.807) is 23.0 Å². The Balaban J connectivity index is 1.84. The van der Waals surface area contributed by atoms with E-state index in [1.807, 2.05) is 13.0 Å². The molecule has 2 aromatic heterocycles. The van der Waals surface area contributed by atoms with Gasteiger partial charge in [0.25, 0.3) is 5.91 Å². The third kappa shape index (κ3) is 3.05. The lowest BCUT2D eigenvalue weighted by atomic mass is 9.73. The third-order valence-corrected chi connectivity index (χ3v) is 5.44.